The Labute approximate surface area is 310 Å². The minimum absolute atomic E-state index is 1.07. The van der Waals surface area contributed by atoms with E-state index < -0.39 is 0 Å². The van der Waals surface area contributed by atoms with Gasteiger partial charge < -0.3 is 9.88 Å². The lowest BCUT2D eigenvalue weighted by Crippen LogP contribution is -1.95. The van der Waals surface area contributed by atoms with Gasteiger partial charge in [-0.15, -0.1) is 11.3 Å². The minimum atomic E-state index is 1.07. The van der Waals surface area contributed by atoms with Crippen LogP contribution in [-0.4, -0.2) is 4.57 Å². The molecule has 3 heteroatoms. The molecule has 0 bridgehead atoms. The predicted octanol–water partition coefficient (Wildman–Crippen LogP) is 14.5. The SMILES string of the molecule is c1ccc(-c2cc(-c3ccc4c(c3)c3ccc5c6ccccc6sc5c3n4-c3ccc4ccccc4c3)ccc2Nc2ccc3ccccc3c2)cc1. The number of benzene rings is 9. The summed E-state index contributed by atoms with van der Waals surface area (Å²) in [6, 6.07) is 68.6. The Morgan fingerprint density at radius 3 is 1.94 bits per heavy atom. The Hall–Kier alpha value is -6.68. The smallest absolute Gasteiger partial charge is 0.0719 e. The number of thiophene rings is 1. The van der Waals surface area contributed by atoms with Crippen molar-refractivity contribution in [3.63, 3.8) is 0 Å². The van der Waals surface area contributed by atoms with Crippen LogP contribution in [0.4, 0.5) is 11.4 Å². The quantitative estimate of drug-likeness (QED) is 0.190. The molecule has 0 aliphatic carbocycles. The number of rotatable bonds is 5. The van der Waals surface area contributed by atoms with Crippen molar-refractivity contribution >= 4 is 86.2 Å². The van der Waals surface area contributed by atoms with Crippen molar-refractivity contribution in [3.8, 4) is 27.9 Å². The van der Waals surface area contributed by atoms with Crippen molar-refractivity contribution in [1.82, 2.24) is 4.57 Å². The number of hydrogen-bond acceptors (Lipinski definition) is 2. The molecule has 0 saturated carbocycles. The van der Waals surface area contributed by atoms with Gasteiger partial charge >= 0.3 is 0 Å². The summed E-state index contributed by atoms with van der Waals surface area (Å²) < 4.78 is 5.13. The van der Waals surface area contributed by atoms with Crippen LogP contribution in [0.2, 0.25) is 0 Å². The molecule has 0 aliphatic rings. The monoisotopic (exact) mass is 692 g/mol. The molecular formula is C50H32N2S. The highest BCUT2D eigenvalue weighted by molar-refractivity contribution is 7.26. The van der Waals surface area contributed by atoms with Crippen LogP contribution in [-0.2, 0) is 0 Å². The topological polar surface area (TPSA) is 17.0 Å². The Kier molecular flexibility index (Phi) is 6.76. The molecule has 0 aliphatic heterocycles. The lowest BCUT2D eigenvalue weighted by atomic mass is 9.96. The first-order chi connectivity index (χ1) is 26.2. The normalized spacial score (nSPS) is 11.8. The maximum Gasteiger partial charge on any atom is 0.0719 e. The van der Waals surface area contributed by atoms with Gasteiger partial charge in [0.15, 0.2) is 0 Å². The molecule has 11 aromatic rings. The van der Waals surface area contributed by atoms with Gasteiger partial charge in [-0.25, -0.2) is 0 Å². The summed E-state index contributed by atoms with van der Waals surface area (Å²) in [6.45, 7) is 0. The molecular weight excluding hydrogens is 661 g/mol. The number of nitrogens with one attached hydrogen (secondary N) is 1. The van der Waals surface area contributed by atoms with E-state index in [1.165, 1.54) is 91.5 Å². The van der Waals surface area contributed by atoms with Crippen molar-refractivity contribution in [2.45, 2.75) is 0 Å². The van der Waals surface area contributed by atoms with Gasteiger partial charge in [0.1, 0.15) is 0 Å². The molecule has 0 fully saturated rings. The third kappa shape index (κ3) is 4.93. The first-order valence-electron chi connectivity index (χ1n) is 18.1. The molecule has 11 rings (SSSR count). The zero-order valence-corrected chi connectivity index (χ0v) is 29.6. The third-order valence-electron chi connectivity index (χ3n) is 10.7. The molecule has 2 aromatic heterocycles. The summed E-state index contributed by atoms with van der Waals surface area (Å²) in [5.74, 6) is 0. The fourth-order valence-corrected chi connectivity index (χ4v) is 9.40. The second kappa shape index (κ2) is 11.9. The molecule has 248 valence electrons. The zero-order valence-electron chi connectivity index (χ0n) is 28.8. The summed E-state index contributed by atoms with van der Waals surface area (Å²) in [6.07, 6.45) is 0. The Bertz CT molecular complexity index is 3200. The average molecular weight is 693 g/mol. The van der Waals surface area contributed by atoms with E-state index in [0.29, 0.717) is 0 Å². The standard InChI is InChI=1S/C50H32N2S/c1-2-12-34(13-3-1)44-30-37(20-26-46(44)51-39-22-18-32-10-4-6-14-35(32)28-39)38-21-27-47-45(31-38)42-24-25-43-41-16-8-9-17-48(41)53-50(43)49(42)52(47)40-23-19-33-11-5-7-15-36(33)29-40/h1-31,51H. The molecule has 1 N–H and O–H groups in total. The molecule has 2 nitrogen and oxygen atoms in total. The van der Waals surface area contributed by atoms with Crippen LogP contribution in [0.15, 0.2) is 188 Å². The fraction of sp³-hybridized carbons (Fsp3) is 0. The van der Waals surface area contributed by atoms with E-state index in [9.17, 15) is 0 Å². The van der Waals surface area contributed by atoms with E-state index in [-0.39, 0.29) is 0 Å². The molecule has 53 heavy (non-hydrogen) atoms. The Morgan fingerprint density at radius 1 is 0.415 bits per heavy atom. The highest BCUT2D eigenvalue weighted by atomic mass is 32.1. The van der Waals surface area contributed by atoms with E-state index in [0.717, 1.165) is 11.4 Å². The number of fused-ring (bicyclic) bond motifs is 9. The van der Waals surface area contributed by atoms with Crippen LogP contribution in [0.1, 0.15) is 0 Å². The third-order valence-corrected chi connectivity index (χ3v) is 11.9. The second-order valence-corrected chi connectivity index (χ2v) is 14.9. The van der Waals surface area contributed by atoms with Crippen LogP contribution in [0.25, 0.3) is 91.5 Å². The molecule has 0 radical (unpaired) electrons. The van der Waals surface area contributed by atoms with E-state index in [1.807, 2.05) is 11.3 Å². The van der Waals surface area contributed by atoms with Gasteiger partial charge in [0.05, 0.1) is 15.7 Å². The number of hydrogen-bond donors (Lipinski definition) is 1. The van der Waals surface area contributed by atoms with Gasteiger partial charge in [-0.2, -0.15) is 0 Å². The molecule has 0 atom stereocenters. The number of aromatic nitrogens is 1. The fourth-order valence-electron chi connectivity index (χ4n) is 8.16. The lowest BCUT2D eigenvalue weighted by molar-refractivity contribution is 1.19. The molecule has 0 unspecified atom stereocenters. The zero-order chi connectivity index (χ0) is 34.9. The van der Waals surface area contributed by atoms with E-state index in [1.54, 1.807) is 0 Å². The lowest BCUT2D eigenvalue weighted by Gasteiger charge is -2.15. The molecule has 9 aromatic carbocycles. The van der Waals surface area contributed by atoms with Crippen molar-refractivity contribution in [3.05, 3.63) is 188 Å². The summed E-state index contributed by atoms with van der Waals surface area (Å²) in [5, 5.41) is 13.9. The highest BCUT2D eigenvalue weighted by Gasteiger charge is 2.19. The van der Waals surface area contributed by atoms with Gasteiger partial charge in [0.2, 0.25) is 0 Å². The van der Waals surface area contributed by atoms with E-state index in [2.05, 4.69) is 198 Å². The van der Waals surface area contributed by atoms with Crippen LogP contribution in [0.3, 0.4) is 0 Å². The van der Waals surface area contributed by atoms with Crippen LogP contribution < -0.4 is 5.32 Å². The predicted molar refractivity (Wildman–Crippen MR) is 229 cm³/mol. The maximum atomic E-state index is 3.76. The van der Waals surface area contributed by atoms with Gasteiger partial charge in [0, 0.05) is 48.9 Å². The highest BCUT2D eigenvalue weighted by Crippen LogP contribution is 2.44. The summed E-state index contributed by atoms with van der Waals surface area (Å²) in [4.78, 5) is 0. The largest absolute Gasteiger partial charge is 0.355 e. The summed E-state index contributed by atoms with van der Waals surface area (Å²) in [5.41, 5.74) is 10.5. The second-order valence-electron chi connectivity index (χ2n) is 13.8. The van der Waals surface area contributed by atoms with Crippen molar-refractivity contribution in [2.75, 3.05) is 5.32 Å². The molecule has 0 amide bonds. The van der Waals surface area contributed by atoms with Crippen molar-refractivity contribution in [1.29, 1.82) is 0 Å². The van der Waals surface area contributed by atoms with Crippen LogP contribution in [0.5, 0.6) is 0 Å². The van der Waals surface area contributed by atoms with Crippen molar-refractivity contribution in [2.24, 2.45) is 0 Å². The van der Waals surface area contributed by atoms with Gasteiger partial charge in [-0.3, -0.25) is 0 Å². The van der Waals surface area contributed by atoms with Gasteiger partial charge in [0.25, 0.3) is 0 Å². The number of anilines is 2. The average Bonchev–Trinajstić information content (AvgIpc) is 3.77. The molecule has 2 heterocycles. The van der Waals surface area contributed by atoms with Crippen molar-refractivity contribution < 1.29 is 0 Å². The number of nitrogens with zero attached hydrogens (tertiary/aromatic N) is 1. The van der Waals surface area contributed by atoms with Crippen LogP contribution in [0, 0.1) is 0 Å². The minimum Gasteiger partial charge on any atom is -0.355 e. The van der Waals surface area contributed by atoms with Crippen LogP contribution >= 0.6 is 11.3 Å². The molecule has 0 saturated heterocycles. The first kappa shape index (κ1) is 30.0. The Balaban J connectivity index is 1.11. The van der Waals surface area contributed by atoms with E-state index >= 15 is 0 Å². The van der Waals surface area contributed by atoms with Gasteiger partial charge in [-0.05, 0) is 92.8 Å². The Morgan fingerprint density at radius 2 is 1.09 bits per heavy atom. The summed E-state index contributed by atoms with van der Waals surface area (Å²) in [7, 11) is 0. The first-order valence-corrected chi connectivity index (χ1v) is 18.9. The maximum absolute atomic E-state index is 3.76. The van der Waals surface area contributed by atoms with Gasteiger partial charge in [-0.1, -0.05) is 133 Å². The molecule has 0 spiro atoms. The van der Waals surface area contributed by atoms with E-state index in [4.69, 9.17) is 0 Å². The summed E-state index contributed by atoms with van der Waals surface area (Å²) >= 11 is 1.89.